The molecule has 0 aromatic carbocycles. The molecule has 1 aliphatic carbocycles. The van der Waals surface area contributed by atoms with Crippen LogP contribution in [0, 0.1) is 0 Å². The number of nitrogens with zero attached hydrogens (tertiary/aromatic N) is 4. The molecule has 5 rings (SSSR count). The van der Waals surface area contributed by atoms with Gasteiger partial charge in [-0.15, -0.1) is 11.6 Å². The van der Waals surface area contributed by atoms with Gasteiger partial charge >= 0.3 is 0 Å². The molecule has 3 aliphatic rings. The summed E-state index contributed by atoms with van der Waals surface area (Å²) in [7, 11) is 2.01. The summed E-state index contributed by atoms with van der Waals surface area (Å²) >= 11 is 7.02. The van der Waals surface area contributed by atoms with Crippen molar-refractivity contribution in [2.45, 2.75) is 87.6 Å². The van der Waals surface area contributed by atoms with E-state index in [0.717, 1.165) is 57.3 Å². The van der Waals surface area contributed by atoms with E-state index in [1.807, 2.05) is 17.8 Å². The highest BCUT2D eigenvalue weighted by Gasteiger charge is 2.46. The Morgan fingerprint density at radius 2 is 1.81 bits per heavy atom. The van der Waals surface area contributed by atoms with E-state index >= 15 is 0 Å². The maximum absolute atomic E-state index is 13.7. The minimum Gasteiger partial charge on any atom is -0.381 e. The fourth-order valence-electron chi connectivity index (χ4n) is 6.40. The Morgan fingerprint density at radius 3 is 2.49 bits per heavy atom. The molecule has 4 heterocycles. The van der Waals surface area contributed by atoms with Crippen LogP contribution in [0.4, 0.5) is 23.0 Å². The van der Waals surface area contributed by atoms with Gasteiger partial charge in [-0.1, -0.05) is 44.9 Å². The Bertz CT molecular complexity index is 1070. The van der Waals surface area contributed by atoms with E-state index in [2.05, 4.69) is 25.8 Å². The van der Waals surface area contributed by atoms with Crippen LogP contribution in [0.15, 0.2) is 18.5 Å². The third-order valence-electron chi connectivity index (χ3n) is 8.60. The van der Waals surface area contributed by atoms with Crippen molar-refractivity contribution in [2.24, 2.45) is 0 Å². The number of fused-ring (bicyclic) bond motifs is 2. The number of carbonyl (C=O) groups is 1. The summed E-state index contributed by atoms with van der Waals surface area (Å²) in [5.41, 5.74) is 8.17. The lowest BCUT2D eigenvalue weighted by atomic mass is 9.81. The number of amides is 1. The molecule has 2 aromatic rings. The van der Waals surface area contributed by atoms with Gasteiger partial charge in [-0.3, -0.25) is 9.78 Å². The summed E-state index contributed by atoms with van der Waals surface area (Å²) < 4.78 is 1.96. The number of nitrogens with two attached hydrogens (primary N) is 1. The minimum absolute atomic E-state index is 0.111. The average molecular weight is 529 g/mol. The van der Waals surface area contributed by atoms with Crippen molar-refractivity contribution in [3.63, 3.8) is 0 Å². The first-order valence-electron chi connectivity index (χ1n) is 14.0. The van der Waals surface area contributed by atoms with Crippen LogP contribution in [0.25, 0.3) is 0 Å². The van der Waals surface area contributed by atoms with Crippen molar-refractivity contribution in [3.8, 4) is 0 Å². The first-order valence-corrected chi connectivity index (χ1v) is 14.4. The summed E-state index contributed by atoms with van der Waals surface area (Å²) in [5.74, 6) is 0.653. The lowest BCUT2D eigenvalue weighted by Crippen LogP contribution is -2.50. The maximum Gasteiger partial charge on any atom is 0.263 e. The smallest absolute Gasteiger partial charge is 0.263 e. The van der Waals surface area contributed by atoms with Gasteiger partial charge in [0.2, 0.25) is 0 Å². The van der Waals surface area contributed by atoms with E-state index < -0.39 is 0 Å². The first-order chi connectivity index (χ1) is 18.0. The van der Waals surface area contributed by atoms with Crippen molar-refractivity contribution < 1.29 is 4.79 Å². The van der Waals surface area contributed by atoms with Crippen LogP contribution in [-0.2, 0) is 5.54 Å². The summed E-state index contributed by atoms with van der Waals surface area (Å²) in [5, 5.41) is 14.5. The molecule has 10 heteroatoms. The molecule has 1 atom stereocenters. The average Bonchev–Trinajstić information content (AvgIpc) is 3.27. The number of aromatic nitrogens is 3. The molecule has 1 amide bonds. The molecule has 1 spiro atoms. The number of hydrogen-bond donors (Lipinski definition) is 4. The zero-order valence-electron chi connectivity index (χ0n) is 21.9. The molecule has 5 N–H and O–H groups in total. The number of halogens is 1. The van der Waals surface area contributed by atoms with Gasteiger partial charge in [0.1, 0.15) is 11.4 Å². The number of piperidine rings is 1. The molecular weight excluding hydrogens is 488 g/mol. The van der Waals surface area contributed by atoms with Crippen molar-refractivity contribution >= 4 is 40.5 Å². The summed E-state index contributed by atoms with van der Waals surface area (Å²) in [6, 6.07) is 2.50. The SMILES string of the molecule is CNC1CCN(c2ccncc2NC(=O)c2c(N)nn3c2NCC(Cl)C32CCCCCCCCC2)CC1. The second kappa shape index (κ2) is 11.5. The number of anilines is 4. The Hall–Kier alpha value is -2.52. The van der Waals surface area contributed by atoms with Gasteiger partial charge in [0, 0.05) is 31.9 Å². The molecule has 2 aliphatic heterocycles. The molecule has 1 saturated heterocycles. The molecule has 202 valence electrons. The molecular formula is C27H41ClN8O. The molecule has 2 aromatic heterocycles. The number of carbonyl (C=O) groups excluding carboxylic acids is 1. The number of alkyl halides is 1. The van der Waals surface area contributed by atoms with Crippen LogP contribution < -0.4 is 26.6 Å². The molecule has 0 bridgehead atoms. The molecule has 9 nitrogen and oxygen atoms in total. The monoisotopic (exact) mass is 528 g/mol. The second-order valence-electron chi connectivity index (χ2n) is 10.8. The van der Waals surface area contributed by atoms with E-state index in [1.54, 1.807) is 12.4 Å². The normalized spacial score (nSPS) is 22.8. The van der Waals surface area contributed by atoms with Gasteiger partial charge < -0.3 is 26.6 Å². The van der Waals surface area contributed by atoms with Gasteiger partial charge in [0.05, 0.1) is 28.5 Å². The highest BCUT2D eigenvalue weighted by atomic mass is 35.5. The first kappa shape index (κ1) is 26.1. The van der Waals surface area contributed by atoms with Crippen LogP contribution in [0.3, 0.4) is 0 Å². The Labute approximate surface area is 224 Å². The summed E-state index contributed by atoms with van der Waals surface area (Å²) in [6.07, 6.45) is 16.0. The highest BCUT2D eigenvalue weighted by molar-refractivity contribution is 6.22. The van der Waals surface area contributed by atoms with E-state index in [-0.39, 0.29) is 22.6 Å². The fraction of sp³-hybridized carbons (Fsp3) is 0.667. The maximum atomic E-state index is 13.7. The fourth-order valence-corrected chi connectivity index (χ4v) is 6.79. The molecule has 0 radical (unpaired) electrons. The van der Waals surface area contributed by atoms with Gasteiger partial charge in [-0.25, -0.2) is 4.68 Å². The lowest BCUT2D eigenvalue weighted by molar-refractivity contribution is 0.102. The number of nitrogen functional groups attached to an aromatic ring is 1. The standard InChI is InChI=1S/C27H41ClN8O/c1-30-19-10-15-35(16-11-19)21-9-14-31-17-20(21)33-26(37)23-24(29)34-36-25(23)32-18-22(28)27(36)12-7-5-3-2-4-6-8-13-27/h9,14,17,19,22,30,32H,2-8,10-13,15-16,18H2,1H3,(H2,29,34)(H,33,37). The number of nitrogens with one attached hydrogen (secondary N) is 3. The van der Waals surface area contributed by atoms with Crippen molar-refractivity contribution in [1.29, 1.82) is 0 Å². The van der Waals surface area contributed by atoms with E-state index in [1.165, 1.54) is 32.1 Å². The summed E-state index contributed by atoms with van der Waals surface area (Å²) in [4.78, 5) is 20.3. The molecule has 1 saturated carbocycles. The van der Waals surface area contributed by atoms with Gasteiger partial charge in [0.15, 0.2) is 5.82 Å². The zero-order valence-corrected chi connectivity index (χ0v) is 22.7. The molecule has 1 unspecified atom stereocenters. The highest BCUT2D eigenvalue weighted by Crippen LogP contribution is 2.44. The Morgan fingerprint density at radius 1 is 1.14 bits per heavy atom. The quantitative estimate of drug-likeness (QED) is 0.430. The molecule has 2 fully saturated rings. The van der Waals surface area contributed by atoms with Crippen LogP contribution in [0.5, 0.6) is 0 Å². The van der Waals surface area contributed by atoms with E-state index in [4.69, 9.17) is 22.4 Å². The van der Waals surface area contributed by atoms with Crippen molar-refractivity contribution in [1.82, 2.24) is 20.1 Å². The number of rotatable bonds is 4. The van der Waals surface area contributed by atoms with Gasteiger partial charge in [-0.2, -0.15) is 5.10 Å². The van der Waals surface area contributed by atoms with Crippen molar-refractivity contribution in [3.05, 3.63) is 24.0 Å². The van der Waals surface area contributed by atoms with Gasteiger partial charge in [-0.05, 0) is 38.8 Å². The predicted octanol–water partition coefficient (Wildman–Crippen LogP) is 4.55. The van der Waals surface area contributed by atoms with Crippen molar-refractivity contribution in [2.75, 3.05) is 47.9 Å². The number of pyridine rings is 1. The predicted molar refractivity (Wildman–Crippen MR) is 151 cm³/mol. The van der Waals surface area contributed by atoms with E-state index in [0.29, 0.717) is 29.7 Å². The van der Waals surface area contributed by atoms with Crippen LogP contribution in [0.2, 0.25) is 0 Å². The Balaban J connectivity index is 1.41. The van der Waals surface area contributed by atoms with E-state index in [9.17, 15) is 4.79 Å². The second-order valence-corrected chi connectivity index (χ2v) is 11.4. The molecule has 37 heavy (non-hydrogen) atoms. The summed E-state index contributed by atoms with van der Waals surface area (Å²) in [6.45, 7) is 2.43. The minimum atomic E-state index is -0.330. The zero-order chi connectivity index (χ0) is 25.8. The van der Waals surface area contributed by atoms with Gasteiger partial charge in [0.25, 0.3) is 5.91 Å². The largest absolute Gasteiger partial charge is 0.381 e. The Kier molecular flexibility index (Phi) is 8.09. The topological polar surface area (TPSA) is 113 Å². The third-order valence-corrected chi connectivity index (χ3v) is 9.16. The number of hydrogen-bond acceptors (Lipinski definition) is 7. The van der Waals surface area contributed by atoms with Crippen LogP contribution >= 0.6 is 11.6 Å². The van der Waals surface area contributed by atoms with Crippen LogP contribution in [-0.4, -0.2) is 58.8 Å². The third kappa shape index (κ3) is 5.25. The van der Waals surface area contributed by atoms with Crippen LogP contribution in [0.1, 0.15) is 81.0 Å². The lowest BCUT2D eigenvalue weighted by Gasteiger charge is -2.43.